The molecule has 1 N–H and O–H groups in total. The van der Waals surface area contributed by atoms with Gasteiger partial charge in [0.1, 0.15) is 0 Å². The average molecular weight is 346 g/mol. The Kier molecular flexibility index (Phi) is 6.64. The molecule has 0 aliphatic heterocycles. The fourth-order valence-corrected chi connectivity index (χ4v) is 2.50. The van der Waals surface area contributed by atoms with Crippen molar-refractivity contribution in [2.24, 2.45) is 0 Å². The normalized spacial score (nSPS) is 11.7. The van der Waals surface area contributed by atoms with Gasteiger partial charge in [0, 0.05) is 11.4 Å². The van der Waals surface area contributed by atoms with E-state index in [1.54, 1.807) is 12.1 Å². The molecule has 0 fully saturated rings. The van der Waals surface area contributed by atoms with Crippen molar-refractivity contribution >= 4 is 21.8 Å². The minimum Gasteiger partial charge on any atom is -0.493 e. The van der Waals surface area contributed by atoms with Gasteiger partial charge in [-0.15, -0.1) is 0 Å². The monoisotopic (exact) mass is 345 g/mol. The number of alkyl halides is 1. The first kappa shape index (κ1) is 16.6. The van der Waals surface area contributed by atoms with E-state index in [1.807, 2.05) is 6.92 Å². The Hall–Kier alpha value is -1.43. The summed E-state index contributed by atoms with van der Waals surface area (Å²) in [6.07, 6.45) is 0.849. The van der Waals surface area contributed by atoms with Crippen LogP contribution in [0.25, 0.3) is 0 Å². The number of ether oxygens (including phenoxy) is 3. The van der Waals surface area contributed by atoms with Crippen LogP contribution in [0.2, 0.25) is 0 Å². The van der Waals surface area contributed by atoms with Gasteiger partial charge in [-0.25, -0.2) is 0 Å². The van der Waals surface area contributed by atoms with Gasteiger partial charge in [-0.1, -0.05) is 15.9 Å². The number of carbonyl (C=O) groups is 1. The summed E-state index contributed by atoms with van der Waals surface area (Å²) in [5.74, 6) is 1.11. The highest BCUT2D eigenvalue weighted by Gasteiger charge is 2.21. The first-order chi connectivity index (χ1) is 9.58. The maximum Gasteiger partial charge on any atom is 0.255 e. The number of carbonyl (C=O) groups excluding carboxylic acids is 1. The summed E-state index contributed by atoms with van der Waals surface area (Å²) in [6.45, 7) is 1.95. The molecule has 0 spiro atoms. The molecule has 1 rings (SSSR count). The van der Waals surface area contributed by atoms with Crippen LogP contribution < -0.4 is 19.5 Å². The molecular formula is C14H20BrNO4. The van der Waals surface area contributed by atoms with Gasteiger partial charge in [0.2, 0.25) is 5.75 Å². The maximum absolute atomic E-state index is 12.3. The van der Waals surface area contributed by atoms with E-state index in [-0.39, 0.29) is 11.9 Å². The highest BCUT2D eigenvalue weighted by molar-refractivity contribution is 9.09. The number of halogens is 1. The molecule has 5 nitrogen and oxygen atoms in total. The van der Waals surface area contributed by atoms with Crippen molar-refractivity contribution in [3.63, 3.8) is 0 Å². The molecule has 6 heteroatoms. The molecule has 0 aliphatic rings. The minimum absolute atomic E-state index is 0.0691. The third-order valence-corrected chi connectivity index (χ3v) is 3.33. The first-order valence-electron chi connectivity index (χ1n) is 6.24. The summed E-state index contributed by atoms with van der Waals surface area (Å²) in [4.78, 5) is 12.3. The predicted molar refractivity (Wildman–Crippen MR) is 81.4 cm³/mol. The van der Waals surface area contributed by atoms with Crippen LogP contribution >= 0.6 is 15.9 Å². The Bertz CT molecular complexity index is 465. The summed E-state index contributed by atoms with van der Waals surface area (Å²) in [7, 11) is 4.54. The molecule has 1 atom stereocenters. The number of nitrogens with one attached hydrogen (secondary N) is 1. The number of rotatable bonds is 7. The van der Waals surface area contributed by atoms with E-state index in [2.05, 4.69) is 21.2 Å². The molecule has 0 saturated heterocycles. The van der Waals surface area contributed by atoms with Crippen LogP contribution in [0.1, 0.15) is 23.7 Å². The van der Waals surface area contributed by atoms with Crippen LogP contribution in [0.5, 0.6) is 17.2 Å². The van der Waals surface area contributed by atoms with Gasteiger partial charge in [0.05, 0.1) is 26.9 Å². The summed E-state index contributed by atoms with van der Waals surface area (Å²) < 4.78 is 15.8. The molecular weight excluding hydrogens is 326 g/mol. The maximum atomic E-state index is 12.3. The van der Waals surface area contributed by atoms with Gasteiger partial charge in [0.25, 0.3) is 5.91 Å². The summed E-state index contributed by atoms with van der Waals surface area (Å²) in [5, 5.41) is 3.75. The summed E-state index contributed by atoms with van der Waals surface area (Å²) >= 11 is 3.35. The lowest BCUT2D eigenvalue weighted by Gasteiger charge is -2.17. The SMILES string of the molecule is COc1ccc(C(=O)NC(C)CCBr)c(OC)c1OC. The molecule has 0 aliphatic carbocycles. The lowest BCUT2D eigenvalue weighted by atomic mass is 10.1. The molecule has 0 heterocycles. The molecule has 1 unspecified atom stereocenters. The minimum atomic E-state index is -0.198. The third-order valence-electron chi connectivity index (χ3n) is 2.87. The van der Waals surface area contributed by atoms with Crippen molar-refractivity contribution in [1.82, 2.24) is 5.32 Å². The molecule has 1 amide bonds. The second-order valence-electron chi connectivity index (χ2n) is 4.23. The first-order valence-corrected chi connectivity index (χ1v) is 7.36. The fraction of sp³-hybridized carbons (Fsp3) is 0.500. The molecule has 0 saturated carbocycles. The van der Waals surface area contributed by atoms with Crippen LogP contribution in [0.15, 0.2) is 12.1 Å². The van der Waals surface area contributed by atoms with Gasteiger partial charge < -0.3 is 19.5 Å². The number of amides is 1. The zero-order valence-electron chi connectivity index (χ0n) is 12.2. The smallest absolute Gasteiger partial charge is 0.255 e. The molecule has 20 heavy (non-hydrogen) atoms. The Balaban J connectivity index is 3.08. The van der Waals surface area contributed by atoms with Gasteiger partial charge in [0.15, 0.2) is 11.5 Å². The van der Waals surface area contributed by atoms with Crippen LogP contribution in [0.3, 0.4) is 0 Å². The largest absolute Gasteiger partial charge is 0.493 e. The van der Waals surface area contributed by atoms with E-state index >= 15 is 0 Å². The molecule has 1 aromatic carbocycles. The Morgan fingerprint density at radius 3 is 2.35 bits per heavy atom. The quantitative estimate of drug-likeness (QED) is 0.771. The van der Waals surface area contributed by atoms with E-state index in [0.717, 1.165) is 11.8 Å². The average Bonchev–Trinajstić information content (AvgIpc) is 2.45. The van der Waals surface area contributed by atoms with Crippen molar-refractivity contribution in [3.05, 3.63) is 17.7 Å². The Morgan fingerprint density at radius 2 is 1.85 bits per heavy atom. The number of methoxy groups -OCH3 is 3. The number of hydrogen-bond acceptors (Lipinski definition) is 4. The van der Waals surface area contributed by atoms with E-state index in [0.29, 0.717) is 22.8 Å². The van der Waals surface area contributed by atoms with Gasteiger partial charge >= 0.3 is 0 Å². The van der Waals surface area contributed by atoms with Gasteiger partial charge in [-0.2, -0.15) is 0 Å². The summed E-state index contributed by atoms with van der Waals surface area (Å²) in [6, 6.07) is 3.42. The number of hydrogen-bond donors (Lipinski definition) is 1. The van der Waals surface area contributed by atoms with E-state index in [4.69, 9.17) is 14.2 Å². The highest BCUT2D eigenvalue weighted by Crippen LogP contribution is 2.39. The summed E-state index contributed by atoms with van der Waals surface area (Å²) in [5.41, 5.74) is 0.423. The van der Waals surface area contributed by atoms with Crippen molar-refractivity contribution in [2.75, 3.05) is 26.7 Å². The lowest BCUT2D eigenvalue weighted by molar-refractivity contribution is 0.0935. The Morgan fingerprint density at radius 1 is 1.20 bits per heavy atom. The van der Waals surface area contributed by atoms with Crippen LogP contribution in [0, 0.1) is 0 Å². The predicted octanol–water partition coefficient (Wildman–Crippen LogP) is 2.62. The van der Waals surface area contributed by atoms with Gasteiger partial charge in [-0.3, -0.25) is 4.79 Å². The van der Waals surface area contributed by atoms with Crippen LogP contribution in [-0.2, 0) is 0 Å². The zero-order chi connectivity index (χ0) is 15.1. The number of benzene rings is 1. The standard InChI is InChI=1S/C14H20BrNO4/c1-9(7-8-15)16-14(17)10-5-6-11(18-2)13(20-4)12(10)19-3/h5-6,9H,7-8H2,1-4H3,(H,16,17). The topological polar surface area (TPSA) is 56.8 Å². The molecule has 0 bridgehead atoms. The van der Waals surface area contributed by atoms with E-state index in [9.17, 15) is 4.79 Å². The van der Waals surface area contributed by atoms with Crippen molar-refractivity contribution in [2.45, 2.75) is 19.4 Å². The molecule has 1 aromatic rings. The fourth-order valence-electron chi connectivity index (χ4n) is 1.82. The lowest BCUT2D eigenvalue weighted by Crippen LogP contribution is -2.33. The Labute approximate surface area is 127 Å². The van der Waals surface area contributed by atoms with E-state index < -0.39 is 0 Å². The van der Waals surface area contributed by atoms with Crippen LogP contribution in [-0.4, -0.2) is 38.6 Å². The van der Waals surface area contributed by atoms with Crippen molar-refractivity contribution < 1.29 is 19.0 Å². The van der Waals surface area contributed by atoms with E-state index in [1.165, 1.54) is 21.3 Å². The molecule has 112 valence electrons. The highest BCUT2D eigenvalue weighted by atomic mass is 79.9. The second-order valence-corrected chi connectivity index (χ2v) is 5.03. The molecule has 0 aromatic heterocycles. The van der Waals surface area contributed by atoms with Crippen molar-refractivity contribution in [1.29, 1.82) is 0 Å². The van der Waals surface area contributed by atoms with Crippen LogP contribution in [0.4, 0.5) is 0 Å². The molecule has 0 radical (unpaired) electrons. The zero-order valence-corrected chi connectivity index (χ0v) is 13.7. The van der Waals surface area contributed by atoms with Crippen molar-refractivity contribution in [3.8, 4) is 17.2 Å². The third kappa shape index (κ3) is 3.79. The van der Waals surface area contributed by atoms with Gasteiger partial charge in [-0.05, 0) is 25.5 Å². The second kappa shape index (κ2) is 7.99.